The molecule has 114 valence electrons. The SMILES string of the molecule is COCCC(C)(O)CNS(=O)(=O)c1cccc(Cl)c1F. The number of hydrogen-bond donors (Lipinski definition) is 2. The van der Waals surface area contributed by atoms with Gasteiger partial charge in [-0.3, -0.25) is 0 Å². The fourth-order valence-corrected chi connectivity index (χ4v) is 2.92. The van der Waals surface area contributed by atoms with Crippen LogP contribution in [0.1, 0.15) is 13.3 Å². The fraction of sp³-hybridized carbons (Fsp3) is 0.500. The summed E-state index contributed by atoms with van der Waals surface area (Å²) in [5.74, 6) is -1.02. The van der Waals surface area contributed by atoms with Gasteiger partial charge >= 0.3 is 0 Å². The van der Waals surface area contributed by atoms with E-state index in [0.717, 1.165) is 6.07 Å². The van der Waals surface area contributed by atoms with Crippen molar-refractivity contribution in [3.63, 3.8) is 0 Å². The second-order valence-corrected chi connectivity index (χ2v) is 6.76. The van der Waals surface area contributed by atoms with Gasteiger partial charge in [0.1, 0.15) is 4.90 Å². The monoisotopic (exact) mass is 325 g/mol. The minimum absolute atomic E-state index is 0.240. The van der Waals surface area contributed by atoms with E-state index in [9.17, 15) is 17.9 Å². The van der Waals surface area contributed by atoms with Crippen LogP contribution in [-0.4, -0.2) is 39.4 Å². The third-order valence-electron chi connectivity index (χ3n) is 2.69. The molecule has 0 saturated heterocycles. The van der Waals surface area contributed by atoms with Crippen molar-refractivity contribution in [1.29, 1.82) is 0 Å². The van der Waals surface area contributed by atoms with E-state index in [1.807, 2.05) is 0 Å². The number of ether oxygens (including phenoxy) is 1. The smallest absolute Gasteiger partial charge is 0.243 e. The predicted octanol–water partition coefficient (Wildman–Crippen LogP) is 1.54. The van der Waals surface area contributed by atoms with E-state index >= 15 is 0 Å². The van der Waals surface area contributed by atoms with Crippen molar-refractivity contribution in [2.24, 2.45) is 0 Å². The fourth-order valence-electron chi connectivity index (χ4n) is 1.43. The molecular weight excluding hydrogens is 309 g/mol. The molecule has 0 spiro atoms. The van der Waals surface area contributed by atoms with Gasteiger partial charge in [-0.05, 0) is 19.1 Å². The Morgan fingerprint density at radius 3 is 2.75 bits per heavy atom. The van der Waals surface area contributed by atoms with Crippen molar-refractivity contribution >= 4 is 21.6 Å². The van der Waals surface area contributed by atoms with Gasteiger partial charge in [0.2, 0.25) is 10.0 Å². The lowest BCUT2D eigenvalue weighted by molar-refractivity contribution is 0.0292. The van der Waals surface area contributed by atoms with Crippen LogP contribution in [0.5, 0.6) is 0 Å². The zero-order chi connectivity index (χ0) is 15.4. The molecule has 0 saturated carbocycles. The molecule has 1 atom stereocenters. The van der Waals surface area contributed by atoms with Gasteiger partial charge < -0.3 is 9.84 Å². The van der Waals surface area contributed by atoms with Gasteiger partial charge in [-0.2, -0.15) is 0 Å². The Hall–Kier alpha value is -0.730. The quantitative estimate of drug-likeness (QED) is 0.797. The molecule has 1 aromatic carbocycles. The minimum Gasteiger partial charge on any atom is -0.389 e. The van der Waals surface area contributed by atoms with Gasteiger partial charge in [0.05, 0.1) is 10.6 Å². The molecule has 0 aliphatic heterocycles. The first kappa shape index (κ1) is 17.3. The average molecular weight is 326 g/mol. The molecule has 1 aromatic rings. The topological polar surface area (TPSA) is 75.6 Å². The zero-order valence-electron chi connectivity index (χ0n) is 11.2. The van der Waals surface area contributed by atoms with Gasteiger partial charge in [0.25, 0.3) is 0 Å². The Labute approximate surface area is 122 Å². The number of benzene rings is 1. The summed E-state index contributed by atoms with van der Waals surface area (Å²) in [5, 5.41) is 9.67. The van der Waals surface area contributed by atoms with Crippen molar-refractivity contribution < 1.29 is 22.7 Å². The molecule has 0 heterocycles. The molecule has 20 heavy (non-hydrogen) atoms. The van der Waals surface area contributed by atoms with Crippen molar-refractivity contribution in [1.82, 2.24) is 4.72 Å². The van der Waals surface area contributed by atoms with Crippen molar-refractivity contribution in [3.05, 3.63) is 29.0 Å². The number of halogens is 2. The van der Waals surface area contributed by atoms with E-state index in [4.69, 9.17) is 16.3 Å². The summed E-state index contributed by atoms with van der Waals surface area (Å²) in [7, 11) is -2.61. The molecular formula is C12H17ClFNO4S. The summed E-state index contributed by atoms with van der Waals surface area (Å²) in [5.41, 5.74) is -1.29. The Kier molecular flexibility index (Phi) is 5.91. The molecule has 0 fully saturated rings. The van der Waals surface area contributed by atoms with Crippen LogP contribution in [-0.2, 0) is 14.8 Å². The van der Waals surface area contributed by atoms with Crippen LogP contribution < -0.4 is 4.72 Å². The van der Waals surface area contributed by atoms with Crippen LogP contribution >= 0.6 is 11.6 Å². The predicted molar refractivity (Wildman–Crippen MR) is 73.7 cm³/mol. The van der Waals surface area contributed by atoms with E-state index < -0.39 is 26.3 Å². The highest BCUT2D eigenvalue weighted by molar-refractivity contribution is 7.89. The Morgan fingerprint density at radius 2 is 2.15 bits per heavy atom. The molecule has 0 radical (unpaired) electrons. The largest absolute Gasteiger partial charge is 0.389 e. The molecule has 1 unspecified atom stereocenters. The van der Waals surface area contributed by atoms with Crippen LogP contribution in [0.2, 0.25) is 5.02 Å². The maximum Gasteiger partial charge on any atom is 0.243 e. The van der Waals surface area contributed by atoms with Gasteiger partial charge in [-0.1, -0.05) is 17.7 Å². The highest BCUT2D eigenvalue weighted by Crippen LogP contribution is 2.22. The number of methoxy groups -OCH3 is 1. The molecule has 5 nitrogen and oxygen atoms in total. The first-order valence-corrected chi connectivity index (χ1v) is 7.71. The number of nitrogens with one attached hydrogen (secondary N) is 1. The van der Waals surface area contributed by atoms with Crippen molar-refractivity contribution in [2.75, 3.05) is 20.3 Å². The Morgan fingerprint density at radius 1 is 1.50 bits per heavy atom. The molecule has 8 heteroatoms. The highest BCUT2D eigenvalue weighted by atomic mass is 35.5. The van der Waals surface area contributed by atoms with Crippen LogP contribution in [0.4, 0.5) is 4.39 Å². The summed E-state index contributed by atoms with van der Waals surface area (Å²) >= 11 is 5.55. The molecule has 1 rings (SSSR count). The van der Waals surface area contributed by atoms with Gasteiger partial charge in [-0.15, -0.1) is 0 Å². The number of hydrogen-bond acceptors (Lipinski definition) is 4. The number of aliphatic hydroxyl groups is 1. The second-order valence-electron chi connectivity index (χ2n) is 4.62. The maximum absolute atomic E-state index is 13.7. The maximum atomic E-state index is 13.7. The summed E-state index contributed by atoms with van der Waals surface area (Å²) in [4.78, 5) is -0.549. The molecule has 0 aliphatic rings. The Bertz CT molecular complexity index is 563. The number of rotatable bonds is 7. The lowest BCUT2D eigenvalue weighted by atomic mass is 10.0. The highest BCUT2D eigenvalue weighted by Gasteiger charge is 2.26. The first-order chi connectivity index (χ1) is 9.19. The zero-order valence-corrected chi connectivity index (χ0v) is 12.8. The number of sulfonamides is 1. The standard InChI is InChI=1S/C12H17ClFNO4S/c1-12(16,6-7-19-2)8-15-20(17,18)10-5-3-4-9(13)11(10)14/h3-5,15-16H,6-8H2,1-2H3. The second kappa shape index (κ2) is 6.82. The van der Waals surface area contributed by atoms with E-state index in [1.54, 1.807) is 0 Å². The third-order valence-corrected chi connectivity index (χ3v) is 4.40. The van der Waals surface area contributed by atoms with E-state index in [1.165, 1.54) is 26.2 Å². The minimum atomic E-state index is -4.08. The molecule has 0 bridgehead atoms. The van der Waals surface area contributed by atoms with E-state index in [0.29, 0.717) is 0 Å². The van der Waals surface area contributed by atoms with Crippen LogP contribution in [0.15, 0.2) is 23.1 Å². The van der Waals surface area contributed by atoms with Crippen molar-refractivity contribution in [2.45, 2.75) is 23.8 Å². The molecule has 2 N–H and O–H groups in total. The summed E-state index contributed by atoms with van der Waals surface area (Å²) < 4.78 is 44.6. The van der Waals surface area contributed by atoms with E-state index in [2.05, 4.69) is 4.72 Å². The summed E-state index contributed by atoms with van der Waals surface area (Å²) in [6.07, 6.45) is 0.240. The van der Waals surface area contributed by atoms with Crippen LogP contribution in [0, 0.1) is 5.82 Å². The molecule has 0 aliphatic carbocycles. The lowest BCUT2D eigenvalue weighted by Crippen LogP contribution is -2.41. The van der Waals surface area contributed by atoms with Gasteiger partial charge in [0, 0.05) is 26.7 Å². The average Bonchev–Trinajstić information content (AvgIpc) is 2.37. The van der Waals surface area contributed by atoms with Crippen LogP contribution in [0.3, 0.4) is 0 Å². The third kappa shape index (κ3) is 4.68. The normalized spacial score (nSPS) is 15.1. The van der Waals surface area contributed by atoms with Gasteiger partial charge in [-0.25, -0.2) is 17.5 Å². The molecule has 0 amide bonds. The first-order valence-electron chi connectivity index (χ1n) is 5.84. The summed E-state index contributed by atoms with van der Waals surface area (Å²) in [6.45, 7) is 1.48. The van der Waals surface area contributed by atoms with Crippen molar-refractivity contribution in [3.8, 4) is 0 Å². The summed E-state index contributed by atoms with van der Waals surface area (Å²) in [6, 6.07) is 3.70. The van der Waals surface area contributed by atoms with Gasteiger partial charge in [0.15, 0.2) is 5.82 Å². The van der Waals surface area contributed by atoms with Crippen LogP contribution in [0.25, 0.3) is 0 Å². The van der Waals surface area contributed by atoms with E-state index in [-0.39, 0.29) is 24.6 Å². The lowest BCUT2D eigenvalue weighted by Gasteiger charge is -2.23. The Balaban J connectivity index is 2.83. The molecule has 0 aromatic heterocycles.